The Balaban J connectivity index is 2.52. The van der Waals surface area contributed by atoms with Crippen LogP contribution in [0.15, 0.2) is 22.2 Å². The third-order valence-corrected chi connectivity index (χ3v) is 2.97. The minimum absolute atomic E-state index is 0.347. The van der Waals surface area contributed by atoms with Crippen molar-refractivity contribution in [1.82, 2.24) is 4.98 Å². The molecule has 0 saturated heterocycles. The molecule has 1 aromatic rings. The molecule has 0 aromatic carbocycles. The predicted octanol–water partition coefficient (Wildman–Crippen LogP) is -0.241. The first-order valence-electron chi connectivity index (χ1n) is 4.43. The number of aromatic nitrogens is 1. The fourth-order valence-electron chi connectivity index (χ4n) is 1.45. The monoisotopic (exact) mass is 222 g/mol. The Morgan fingerprint density at radius 2 is 2.40 bits per heavy atom. The molecule has 0 unspecified atom stereocenters. The van der Waals surface area contributed by atoms with Gasteiger partial charge in [0.1, 0.15) is 0 Å². The molecule has 0 N–H and O–H groups in total. The lowest BCUT2D eigenvalue weighted by Gasteiger charge is -1.99. The Morgan fingerprint density at radius 1 is 1.60 bits per heavy atom. The smallest absolute Gasteiger partial charge is 0.334 e. The maximum absolute atomic E-state index is 11.3. The number of rotatable bonds is 2. The number of hydrogen-bond acceptors (Lipinski definition) is 5. The molecule has 0 aliphatic carbocycles. The van der Waals surface area contributed by atoms with Crippen LogP contribution in [-0.4, -0.2) is 30.4 Å². The zero-order valence-corrected chi connectivity index (χ0v) is 9.25. The molecule has 0 radical (unpaired) electrons. The second-order valence-corrected chi connectivity index (χ2v) is 3.86. The number of pyridine rings is 1. The molecule has 0 bridgehead atoms. The Morgan fingerprint density at radius 3 is 3.07 bits per heavy atom. The standard InChI is InChI=1S/C10H10N2O2S/c1-14-10(13)7-5-6-8(15-2)3-4-11-9(6)12-7/h3-5,7H,1-2H3/t7-/m1/s1. The summed E-state index contributed by atoms with van der Waals surface area (Å²) >= 11 is 1.61. The van der Waals surface area contributed by atoms with Crippen molar-refractivity contribution < 1.29 is 9.53 Å². The van der Waals surface area contributed by atoms with Gasteiger partial charge in [0.05, 0.1) is 7.11 Å². The maximum atomic E-state index is 11.3. The highest BCUT2D eigenvalue weighted by atomic mass is 32.2. The Bertz CT molecular complexity index is 513. The summed E-state index contributed by atoms with van der Waals surface area (Å²) in [4.78, 5) is 20.7. The zero-order chi connectivity index (χ0) is 10.8. The molecule has 2 rings (SSSR count). The van der Waals surface area contributed by atoms with Crippen LogP contribution in [0.1, 0.15) is 0 Å². The lowest BCUT2D eigenvalue weighted by molar-refractivity contribution is -0.140. The van der Waals surface area contributed by atoms with E-state index >= 15 is 0 Å². The summed E-state index contributed by atoms with van der Waals surface area (Å²) in [5, 5.41) is 0.931. The molecule has 0 amide bonds. The lowest BCUT2D eigenvalue weighted by Crippen LogP contribution is -2.26. The Labute approximate surface area is 91.1 Å². The number of thioether (sulfide) groups is 1. The van der Waals surface area contributed by atoms with Crippen molar-refractivity contribution in [2.24, 2.45) is 4.99 Å². The van der Waals surface area contributed by atoms with Crippen LogP contribution in [0.2, 0.25) is 0 Å². The van der Waals surface area contributed by atoms with Gasteiger partial charge in [-0.05, 0) is 18.4 Å². The second kappa shape index (κ2) is 4.02. The summed E-state index contributed by atoms with van der Waals surface area (Å²) in [7, 11) is 1.36. The highest BCUT2D eigenvalue weighted by Gasteiger charge is 2.19. The second-order valence-electron chi connectivity index (χ2n) is 3.01. The number of nitrogens with zero attached hydrogens (tertiary/aromatic N) is 2. The van der Waals surface area contributed by atoms with Crippen molar-refractivity contribution in [3.05, 3.63) is 23.0 Å². The van der Waals surface area contributed by atoms with Gasteiger partial charge in [-0.2, -0.15) is 0 Å². The molecule has 1 atom stereocenters. The molecule has 5 heteroatoms. The van der Waals surface area contributed by atoms with Crippen LogP contribution in [-0.2, 0) is 9.53 Å². The van der Waals surface area contributed by atoms with Crippen LogP contribution in [0.25, 0.3) is 6.08 Å². The highest BCUT2D eigenvalue weighted by Crippen LogP contribution is 2.08. The molecule has 0 saturated carbocycles. The van der Waals surface area contributed by atoms with Crippen LogP contribution < -0.4 is 10.7 Å². The van der Waals surface area contributed by atoms with E-state index in [0.717, 1.165) is 10.1 Å². The van der Waals surface area contributed by atoms with Gasteiger partial charge in [-0.25, -0.2) is 14.8 Å². The van der Waals surface area contributed by atoms with Crippen LogP contribution in [0.5, 0.6) is 0 Å². The zero-order valence-electron chi connectivity index (χ0n) is 8.43. The van der Waals surface area contributed by atoms with Gasteiger partial charge in [0.15, 0.2) is 11.5 Å². The molecule has 1 aliphatic heterocycles. The molecule has 0 spiro atoms. The molecule has 0 fully saturated rings. The number of methoxy groups -OCH3 is 1. The average Bonchev–Trinajstić information content (AvgIpc) is 2.71. The van der Waals surface area contributed by atoms with Crippen molar-refractivity contribution in [3.63, 3.8) is 0 Å². The van der Waals surface area contributed by atoms with Gasteiger partial charge in [-0.15, -0.1) is 11.8 Å². The van der Waals surface area contributed by atoms with Gasteiger partial charge >= 0.3 is 5.97 Å². The molecular weight excluding hydrogens is 212 g/mol. The fraction of sp³-hybridized carbons (Fsp3) is 0.300. The van der Waals surface area contributed by atoms with Gasteiger partial charge in [-0.1, -0.05) is 0 Å². The predicted molar refractivity (Wildman–Crippen MR) is 57.1 cm³/mol. The van der Waals surface area contributed by atoms with Crippen LogP contribution in [0.4, 0.5) is 0 Å². The van der Waals surface area contributed by atoms with Crippen molar-refractivity contribution in [3.8, 4) is 0 Å². The van der Waals surface area contributed by atoms with E-state index in [4.69, 9.17) is 0 Å². The summed E-state index contributed by atoms with van der Waals surface area (Å²) in [6, 6.07) is 1.38. The molecule has 1 aliphatic rings. The number of esters is 1. The number of fused-ring (bicyclic) bond motifs is 1. The van der Waals surface area contributed by atoms with E-state index in [2.05, 4.69) is 14.7 Å². The summed E-state index contributed by atoms with van der Waals surface area (Å²) in [5.74, 6) is -0.347. The van der Waals surface area contributed by atoms with E-state index < -0.39 is 6.04 Å². The number of carbonyl (C=O) groups excluding carboxylic acids is 1. The first kappa shape index (κ1) is 10.2. The SMILES string of the molecule is COC(=O)[C@H]1C=c2c(SC)ccnc2=N1. The van der Waals surface area contributed by atoms with Gasteiger partial charge in [-0.3, -0.25) is 0 Å². The quantitative estimate of drug-likeness (QED) is 0.512. The summed E-state index contributed by atoms with van der Waals surface area (Å²) in [6.07, 6.45) is 5.47. The molecule has 4 nitrogen and oxygen atoms in total. The van der Waals surface area contributed by atoms with Crippen molar-refractivity contribution in [1.29, 1.82) is 0 Å². The summed E-state index contributed by atoms with van der Waals surface area (Å²) in [5.41, 5.74) is 0.622. The number of hydrogen-bond donors (Lipinski definition) is 0. The van der Waals surface area contributed by atoms with E-state index in [1.165, 1.54) is 7.11 Å². The average molecular weight is 222 g/mol. The molecule has 1 aromatic heterocycles. The largest absolute Gasteiger partial charge is 0.467 e. The number of ether oxygens (including phenoxy) is 1. The van der Waals surface area contributed by atoms with E-state index in [1.54, 1.807) is 24.0 Å². The topological polar surface area (TPSA) is 51.5 Å². The van der Waals surface area contributed by atoms with Crippen molar-refractivity contribution in [2.75, 3.05) is 13.4 Å². The molecular formula is C10H10N2O2S. The van der Waals surface area contributed by atoms with E-state index in [1.807, 2.05) is 12.3 Å². The minimum Gasteiger partial charge on any atom is -0.467 e. The number of carbonyl (C=O) groups is 1. The molecule has 2 heterocycles. The maximum Gasteiger partial charge on any atom is 0.334 e. The van der Waals surface area contributed by atoms with Gasteiger partial charge in [0, 0.05) is 16.3 Å². The van der Waals surface area contributed by atoms with Gasteiger partial charge in [0.2, 0.25) is 0 Å². The van der Waals surface area contributed by atoms with Crippen molar-refractivity contribution in [2.45, 2.75) is 10.9 Å². The first-order chi connectivity index (χ1) is 7.26. The third-order valence-electron chi connectivity index (χ3n) is 2.18. The van der Waals surface area contributed by atoms with E-state index in [-0.39, 0.29) is 5.97 Å². The van der Waals surface area contributed by atoms with Crippen LogP contribution in [0, 0.1) is 0 Å². The molecule has 78 valence electrons. The summed E-state index contributed by atoms with van der Waals surface area (Å²) < 4.78 is 4.64. The van der Waals surface area contributed by atoms with Crippen LogP contribution >= 0.6 is 11.8 Å². The Hall–Kier alpha value is -1.36. The van der Waals surface area contributed by atoms with Crippen molar-refractivity contribution >= 4 is 23.8 Å². The normalized spacial score (nSPS) is 17.6. The van der Waals surface area contributed by atoms with Crippen LogP contribution in [0.3, 0.4) is 0 Å². The minimum atomic E-state index is -0.536. The fourth-order valence-corrected chi connectivity index (χ4v) is 2.03. The molecule has 15 heavy (non-hydrogen) atoms. The third kappa shape index (κ3) is 1.74. The van der Waals surface area contributed by atoms with Gasteiger partial charge < -0.3 is 4.74 Å². The Kier molecular flexibility index (Phi) is 2.73. The van der Waals surface area contributed by atoms with E-state index in [9.17, 15) is 4.79 Å². The highest BCUT2D eigenvalue weighted by molar-refractivity contribution is 7.98. The van der Waals surface area contributed by atoms with E-state index in [0.29, 0.717) is 5.49 Å². The summed E-state index contributed by atoms with van der Waals surface area (Å²) in [6.45, 7) is 0. The van der Waals surface area contributed by atoms with Gasteiger partial charge in [0.25, 0.3) is 0 Å². The lowest BCUT2D eigenvalue weighted by atomic mass is 10.3. The first-order valence-corrected chi connectivity index (χ1v) is 5.65.